The maximum atomic E-state index is 3.95. The van der Waals surface area contributed by atoms with Crippen LogP contribution in [-0.2, 0) is 0 Å². The third-order valence-electron chi connectivity index (χ3n) is 4.27. The molecule has 0 amide bonds. The van der Waals surface area contributed by atoms with Gasteiger partial charge in [-0.25, -0.2) is 0 Å². The minimum Gasteiger partial charge on any atom is -0.314 e. The van der Waals surface area contributed by atoms with Gasteiger partial charge in [0.1, 0.15) is 0 Å². The molecule has 1 aliphatic heterocycles. The first-order chi connectivity index (χ1) is 8.62. The monoisotopic (exact) mass is 246 g/mol. The second-order valence-corrected chi connectivity index (χ2v) is 6.03. The van der Waals surface area contributed by atoms with E-state index < -0.39 is 0 Å². The molecule has 1 N–H and O–H groups in total. The van der Waals surface area contributed by atoms with Crippen LogP contribution in [-0.4, -0.2) is 37.6 Å². The Bertz CT molecular complexity index is 346. The lowest BCUT2D eigenvalue weighted by molar-refractivity contribution is 0.259. The van der Waals surface area contributed by atoms with Gasteiger partial charge < -0.3 is 5.32 Å². The van der Waals surface area contributed by atoms with Crippen LogP contribution in [0.4, 0.5) is 0 Å². The summed E-state index contributed by atoms with van der Waals surface area (Å²) in [5, 5.41) is 3.40. The van der Waals surface area contributed by atoms with Crippen molar-refractivity contribution in [3.8, 4) is 0 Å². The van der Waals surface area contributed by atoms with Gasteiger partial charge in [0.2, 0.25) is 0 Å². The number of hydrogen-bond donors (Lipinski definition) is 1. The zero-order valence-electron chi connectivity index (χ0n) is 11.8. The first-order valence-electron chi connectivity index (χ1n) is 7.06. The van der Waals surface area contributed by atoms with Gasteiger partial charge in [0.25, 0.3) is 0 Å². The molecule has 0 bridgehead atoms. The first kappa shape index (κ1) is 13.6. The number of allylic oxidation sites excluding steroid dienone is 3. The van der Waals surface area contributed by atoms with Crippen LogP contribution in [0.5, 0.6) is 0 Å². The van der Waals surface area contributed by atoms with E-state index in [0.29, 0.717) is 5.92 Å². The number of piperazine rings is 1. The second-order valence-electron chi connectivity index (χ2n) is 6.03. The van der Waals surface area contributed by atoms with Gasteiger partial charge in [-0.15, -0.1) is 6.58 Å². The van der Waals surface area contributed by atoms with Crippen LogP contribution < -0.4 is 5.32 Å². The fourth-order valence-corrected chi connectivity index (χ4v) is 2.61. The Labute approximate surface area is 111 Å². The molecule has 1 saturated heterocycles. The van der Waals surface area contributed by atoms with E-state index in [9.17, 15) is 0 Å². The smallest absolute Gasteiger partial charge is 0.0231 e. The highest BCUT2D eigenvalue weighted by Gasteiger charge is 2.25. The van der Waals surface area contributed by atoms with Gasteiger partial charge in [0, 0.05) is 32.7 Å². The summed E-state index contributed by atoms with van der Waals surface area (Å²) in [5.41, 5.74) is 1.68. The molecule has 2 rings (SSSR count). The van der Waals surface area contributed by atoms with Crippen molar-refractivity contribution in [1.29, 1.82) is 0 Å². The molecule has 1 unspecified atom stereocenters. The Morgan fingerprint density at radius 2 is 2.17 bits per heavy atom. The molecule has 0 aromatic heterocycles. The molecular weight excluding hydrogens is 220 g/mol. The standard InChI is InChI=1S/C16H26N2/c1-4-16(2,3)15-7-5-14(6-8-15)13-18-11-9-17-10-12-18/h4-7,15,17H,1,8-13H2,2-3H3. The van der Waals surface area contributed by atoms with Gasteiger partial charge >= 0.3 is 0 Å². The predicted molar refractivity (Wildman–Crippen MR) is 78.6 cm³/mol. The van der Waals surface area contributed by atoms with Crippen molar-refractivity contribution in [2.45, 2.75) is 20.3 Å². The molecule has 2 nitrogen and oxygen atoms in total. The van der Waals surface area contributed by atoms with Gasteiger partial charge in [-0.3, -0.25) is 4.90 Å². The fourth-order valence-electron chi connectivity index (χ4n) is 2.61. The highest BCUT2D eigenvalue weighted by Crippen LogP contribution is 2.34. The highest BCUT2D eigenvalue weighted by atomic mass is 15.2. The van der Waals surface area contributed by atoms with Crippen molar-refractivity contribution < 1.29 is 0 Å². The van der Waals surface area contributed by atoms with Crippen molar-refractivity contribution in [1.82, 2.24) is 10.2 Å². The van der Waals surface area contributed by atoms with Crippen molar-refractivity contribution in [2.75, 3.05) is 32.7 Å². The lowest BCUT2D eigenvalue weighted by Gasteiger charge is -2.32. The Hall–Kier alpha value is -0.860. The van der Waals surface area contributed by atoms with Crippen molar-refractivity contribution in [2.24, 2.45) is 11.3 Å². The molecule has 1 heterocycles. The maximum absolute atomic E-state index is 3.95. The van der Waals surface area contributed by atoms with Crippen LogP contribution in [0.2, 0.25) is 0 Å². The van der Waals surface area contributed by atoms with Gasteiger partial charge in [0.15, 0.2) is 0 Å². The molecular formula is C16H26N2. The Balaban J connectivity index is 1.87. The summed E-state index contributed by atoms with van der Waals surface area (Å²) < 4.78 is 0. The molecule has 0 aromatic rings. The molecule has 18 heavy (non-hydrogen) atoms. The van der Waals surface area contributed by atoms with Crippen LogP contribution in [0, 0.1) is 11.3 Å². The number of nitrogens with one attached hydrogen (secondary N) is 1. The number of nitrogens with zero attached hydrogens (tertiary/aromatic N) is 1. The van der Waals surface area contributed by atoms with E-state index in [-0.39, 0.29) is 5.41 Å². The van der Waals surface area contributed by atoms with E-state index in [0.717, 1.165) is 26.1 Å². The third kappa shape index (κ3) is 3.33. The van der Waals surface area contributed by atoms with Crippen LogP contribution in [0.15, 0.2) is 36.5 Å². The zero-order chi connectivity index (χ0) is 13.0. The van der Waals surface area contributed by atoms with E-state index in [1.807, 2.05) is 0 Å². The van der Waals surface area contributed by atoms with E-state index in [2.05, 4.69) is 54.9 Å². The van der Waals surface area contributed by atoms with E-state index in [1.54, 1.807) is 0 Å². The minimum atomic E-state index is 0.202. The Morgan fingerprint density at radius 1 is 1.44 bits per heavy atom. The average Bonchev–Trinajstić information content (AvgIpc) is 2.40. The van der Waals surface area contributed by atoms with Crippen LogP contribution in [0.1, 0.15) is 20.3 Å². The average molecular weight is 246 g/mol. The summed E-state index contributed by atoms with van der Waals surface area (Å²) in [7, 11) is 0. The highest BCUT2D eigenvalue weighted by molar-refractivity contribution is 5.27. The van der Waals surface area contributed by atoms with Crippen LogP contribution in [0.25, 0.3) is 0 Å². The third-order valence-corrected chi connectivity index (χ3v) is 4.27. The number of hydrogen-bond acceptors (Lipinski definition) is 2. The van der Waals surface area contributed by atoms with E-state index in [4.69, 9.17) is 0 Å². The molecule has 0 radical (unpaired) electrons. The van der Waals surface area contributed by atoms with Crippen molar-refractivity contribution in [3.63, 3.8) is 0 Å². The first-order valence-corrected chi connectivity index (χ1v) is 7.06. The summed E-state index contributed by atoms with van der Waals surface area (Å²) in [6.07, 6.45) is 10.3. The topological polar surface area (TPSA) is 15.3 Å². The lowest BCUT2D eigenvalue weighted by Crippen LogP contribution is -2.44. The molecule has 100 valence electrons. The van der Waals surface area contributed by atoms with Crippen molar-refractivity contribution in [3.05, 3.63) is 36.5 Å². The summed E-state index contributed by atoms with van der Waals surface area (Å²) in [4.78, 5) is 2.53. The summed E-state index contributed by atoms with van der Waals surface area (Å²) in [5.74, 6) is 0.599. The minimum absolute atomic E-state index is 0.202. The predicted octanol–water partition coefficient (Wildman–Crippen LogP) is 2.61. The van der Waals surface area contributed by atoms with Gasteiger partial charge in [-0.2, -0.15) is 0 Å². The number of rotatable bonds is 4. The quantitative estimate of drug-likeness (QED) is 0.767. The molecule has 2 heteroatoms. The molecule has 0 spiro atoms. The van der Waals surface area contributed by atoms with Gasteiger partial charge in [-0.05, 0) is 23.3 Å². The molecule has 1 fully saturated rings. The molecule has 1 aliphatic carbocycles. The molecule has 0 saturated carbocycles. The summed E-state index contributed by atoms with van der Waals surface area (Å²) >= 11 is 0. The Kier molecular flexibility index (Phi) is 4.41. The SMILES string of the molecule is C=CC(C)(C)C1C=CC(CN2CCNCC2)=CC1. The molecule has 2 aliphatic rings. The summed E-state index contributed by atoms with van der Waals surface area (Å²) in [6, 6.07) is 0. The zero-order valence-corrected chi connectivity index (χ0v) is 11.8. The van der Waals surface area contributed by atoms with Crippen LogP contribution >= 0.6 is 0 Å². The van der Waals surface area contributed by atoms with E-state index >= 15 is 0 Å². The van der Waals surface area contributed by atoms with Crippen LogP contribution in [0.3, 0.4) is 0 Å². The summed E-state index contributed by atoms with van der Waals surface area (Å²) in [6.45, 7) is 14.2. The molecule has 1 atom stereocenters. The van der Waals surface area contributed by atoms with Crippen molar-refractivity contribution >= 4 is 0 Å². The maximum Gasteiger partial charge on any atom is 0.0231 e. The van der Waals surface area contributed by atoms with Gasteiger partial charge in [0.05, 0.1) is 0 Å². The molecule has 0 aromatic carbocycles. The van der Waals surface area contributed by atoms with Gasteiger partial charge in [-0.1, -0.05) is 38.2 Å². The second kappa shape index (κ2) is 5.85. The fraction of sp³-hybridized carbons (Fsp3) is 0.625. The Morgan fingerprint density at radius 3 is 2.72 bits per heavy atom. The van der Waals surface area contributed by atoms with E-state index in [1.165, 1.54) is 18.7 Å². The lowest BCUT2D eigenvalue weighted by atomic mass is 9.75. The normalized spacial score (nSPS) is 25.9. The largest absolute Gasteiger partial charge is 0.314 e.